The number of carbonyl (C=O) groups excluding carboxylic acids is 1. The first-order valence-electron chi connectivity index (χ1n) is 5.95. The fourth-order valence-electron chi connectivity index (χ4n) is 1.79. The molecule has 1 rings (SSSR count). The lowest BCUT2D eigenvalue weighted by molar-refractivity contribution is -0.125. The van der Waals surface area contributed by atoms with E-state index < -0.39 is 5.41 Å². The predicted octanol–water partition coefficient (Wildman–Crippen LogP) is 3.81. The van der Waals surface area contributed by atoms with Gasteiger partial charge < -0.3 is 11.1 Å². The van der Waals surface area contributed by atoms with E-state index in [1.165, 1.54) is 0 Å². The van der Waals surface area contributed by atoms with E-state index in [2.05, 4.69) is 21.2 Å². The molecule has 0 saturated heterocycles. The van der Waals surface area contributed by atoms with Gasteiger partial charge in [0.25, 0.3) is 0 Å². The maximum atomic E-state index is 12.3. The van der Waals surface area contributed by atoms with Crippen LogP contribution in [-0.2, 0) is 4.79 Å². The van der Waals surface area contributed by atoms with Crippen LogP contribution in [0.1, 0.15) is 26.7 Å². The highest BCUT2D eigenvalue weighted by atomic mass is 79.9. The van der Waals surface area contributed by atoms with E-state index in [4.69, 9.17) is 17.3 Å². The lowest BCUT2D eigenvalue weighted by atomic mass is 9.81. The van der Waals surface area contributed by atoms with Crippen LogP contribution >= 0.6 is 27.5 Å². The minimum Gasteiger partial charge on any atom is -0.329 e. The monoisotopic (exact) mass is 332 g/mol. The maximum absolute atomic E-state index is 12.3. The fourth-order valence-corrected chi connectivity index (χ4v) is 2.22. The average molecular weight is 334 g/mol. The molecule has 0 aliphatic rings. The van der Waals surface area contributed by atoms with Crippen LogP contribution < -0.4 is 11.1 Å². The van der Waals surface area contributed by atoms with E-state index in [9.17, 15) is 4.79 Å². The molecule has 18 heavy (non-hydrogen) atoms. The molecule has 0 bridgehead atoms. The summed E-state index contributed by atoms with van der Waals surface area (Å²) in [7, 11) is 0. The Labute approximate surface area is 121 Å². The fraction of sp³-hybridized carbons (Fsp3) is 0.462. The summed E-state index contributed by atoms with van der Waals surface area (Å²) in [5.41, 5.74) is 5.93. The highest BCUT2D eigenvalue weighted by molar-refractivity contribution is 9.10. The average Bonchev–Trinajstić information content (AvgIpc) is 2.37. The van der Waals surface area contributed by atoms with Gasteiger partial charge in [-0.15, -0.1) is 0 Å². The van der Waals surface area contributed by atoms with E-state index >= 15 is 0 Å². The highest BCUT2D eigenvalue weighted by Crippen LogP contribution is 2.29. The maximum Gasteiger partial charge on any atom is 0.231 e. The summed E-state index contributed by atoms with van der Waals surface area (Å²) in [4.78, 5) is 12.3. The van der Waals surface area contributed by atoms with Crippen molar-refractivity contribution in [3.8, 4) is 0 Å². The molecule has 0 aliphatic heterocycles. The molecule has 0 spiro atoms. The molecule has 1 aromatic rings. The standard InChI is InChI=1S/C13H18BrClN2O/c1-3-13(4-2,8-16)12(18)17-9-5-6-10(14)11(15)7-9/h5-7H,3-4,8,16H2,1-2H3,(H,17,18). The number of carbonyl (C=O) groups is 1. The minimum absolute atomic E-state index is 0.0478. The molecular formula is C13H18BrClN2O. The smallest absolute Gasteiger partial charge is 0.231 e. The van der Waals surface area contributed by atoms with Crippen molar-refractivity contribution in [2.45, 2.75) is 26.7 Å². The summed E-state index contributed by atoms with van der Waals surface area (Å²) >= 11 is 9.30. The Morgan fingerprint density at radius 3 is 2.50 bits per heavy atom. The number of rotatable bonds is 5. The zero-order valence-electron chi connectivity index (χ0n) is 10.6. The second-order valence-electron chi connectivity index (χ2n) is 4.27. The lowest BCUT2D eigenvalue weighted by Gasteiger charge is -2.28. The Kier molecular flexibility index (Phi) is 5.63. The van der Waals surface area contributed by atoms with E-state index in [-0.39, 0.29) is 5.91 Å². The van der Waals surface area contributed by atoms with Crippen molar-refractivity contribution < 1.29 is 4.79 Å². The van der Waals surface area contributed by atoms with E-state index in [1.54, 1.807) is 18.2 Å². The Hall–Kier alpha value is -0.580. The first-order valence-corrected chi connectivity index (χ1v) is 7.12. The number of amides is 1. The van der Waals surface area contributed by atoms with Gasteiger partial charge in [0.15, 0.2) is 0 Å². The number of hydrogen-bond acceptors (Lipinski definition) is 2. The Morgan fingerprint density at radius 1 is 1.44 bits per heavy atom. The molecule has 0 heterocycles. The van der Waals surface area contributed by atoms with Crippen LogP contribution in [0.25, 0.3) is 0 Å². The molecule has 5 heteroatoms. The first kappa shape index (κ1) is 15.5. The minimum atomic E-state index is -0.500. The lowest BCUT2D eigenvalue weighted by Crippen LogP contribution is -2.41. The summed E-state index contributed by atoms with van der Waals surface area (Å²) in [6.07, 6.45) is 1.44. The van der Waals surface area contributed by atoms with Gasteiger partial charge in [0.1, 0.15) is 0 Å². The van der Waals surface area contributed by atoms with Gasteiger partial charge in [0.05, 0.1) is 10.4 Å². The van der Waals surface area contributed by atoms with E-state index in [1.807, 2.05) is 13.8 Å². The van der Waals surface area contributed by atoms with Crippen LogP contribution in [0.15, 0.2) is 22.7 Å². The number of nitrogens with two attached hydrogens (primary N) is 1. The molecule has 0 atom stereocenters. The van der Waals surface area contributed by atoms with Crippen LogP contribution in [0.5, 0.6) is 0 Å². The van der Waals surface area contributed by atoms with Crippen LogP contribution in [0.3, 0.4) is 0 Å². The molecule has 0 radical (unpaired) electrons. The summed E-state index contributed by atoms with van der Waals surface area (Å²) in [5.74, 6) is -0.0478. The van der Waals surface area contributed by atoms with Gasteiger partial charge in [-0.3, -0.25) is 4.79 Å². The van der Waals surface area contributed by atoms with Gasteiger partial charge in [0, 0.05) is 16.7 Å². The summed E-state index contributed by atoms with van der Waals surface area (Å²) < 4.78 is 0.804. The molecule has 0 aliphatic carbocycles. The van der Waals surface area contributed by atoms with Crippen LogP contribution in [0, 0.1) is 5.41 Å². The van der Waals surface area contributed by atoms with Crippen LogP contribution in [0.4, 0.5) is 5.69 Å². The SMILES string of the molecule is CCC(CC)(CN)C(=O)Nc1ccc(Br)c(Cl)c1. The number of benzene rings is 1. The van der Waals surface area contributed by atoms with E-state index in [0.29, 0.717) is 17.3 Å². The summed E-state index contributed by atoms with van der Waals surface area (Å²) in [5, 5.41) is 3.45. The molecule has 0 aromatic heterocycles. The largest absolute Gasteiger partial charge is 0.329 e. The molecular weight excluding hydrogens is 316 g/mol. The summed E-state index contributed by atoms with van der Waals surface area (Å²) in [6, 6.07) is 5.33. The molecule has 1 aromatic carbocycles. The van der Waals surface area contributed by atoms with Crippen molar-refractivity contribution in [3.05, 3.63) is 27.7 Å². The second-order valence-corrected chi connectivity index (χ2v) is 5.54. The zero-order chi connectivity index (χ0) is 13.8. The molecule has 3 nitrogen and oxygen atoms in total. The van der Waals surface area contributed by atoms with Crippen molar-refractivity contribution in [2.75, 3.05) is 11.9 Å². The van der Waals surface area contributed by atoms with Crippen molar-refractivity contribution in [3.63, 3.8) is 0 Å². The first-order chi connectivity index (χ1) is 8.49. The molecule has 100 valence electrons. The Balaban J connectivity index is 2.89. The van der Waals surface area contributed by atoms with Gasteiger partial charge >= 0.3 is 0 Å². The molecule has 0 fully saturated rings. The molecule has 0 unspecified atom stereocenters. The van der Waals surface area contributed by atoms with Crippen molar-refractivity contribution in [1.29, 1.82) is 0 Å². The van der Waals surface area contributed by atoms with Gasteiger partial charge in [0.2, 0.25) is 5.91 Å². The second kappa shape index (κ2) is 6.55. The number of nitrogens with one attached hydrogen (secondary N) is 1. The predicted molar refractivity (Wildman–Crippen MR) is 79.9 cm³/mol. The summed E-state index contributed by atoms with van der Waals surface area (Å²) in [6.45, 7) is 4.30. The van der Waals surface area contributed by atoms with Crippen LogP contribution in [0.2, 0.25) is 5.02 Å². The number of hydrogen-bond donors (Lipinski definition) is 2. The quantitative estimate of drug-likeness (QED) is 0.861. The third kappa shape index (κ3) is 3.25. The molecule has 3 N–H and O–H groups in total. The van der Waals surface area contributed by atoms with Gasteiger partial charge in [-0.1, -0.05) is 25.4 Å². The Morgan fingerprint density at radius 2 is 2.06 bits per heavy atom. The van der Waals surface area contributed by atoms with Gasteiger partial charge in [-0.25, -0.2) is 0 Å². The van der Waals surface area contributed by atoms with Crippen molar-refractivity contribution in [1.82, 2.24) is 0 Å². The topological polar surface area (TPSA) is 55.1 Å². The normalized spacial score (nSPS) is 11.4. The number of halogens is 2. The van der Waals surface area contributed by atoms with Gasteiger partial charge in [-0.2, -0.15) is 0 Å². The van der Waals surface area contributed by atoms with Crippen LogP contribution in [-0.4, -0.2) is 12.5 Å². The van der Waals surface area contributed by atoms with Crippen molar-refractivity contribution in [2.24, 2.45) is 11.1 Å². The Bertz CT molecular complexity index is 425. The zero-order valence-corrected chi connectivity index (χ0v) is 12.9. The van der Waals surface area contributed by atoms with Crippen molar-refractivity contribution >= 4 is 39.1 Å². The highest BCUT2D eigenvalue weighted by Gasteiger charge is 2.33. The molecule has 0 saturated carbocycles. The third-order valence-electron chi connectivity index (χ3n) is 3.40. The third-order valence-corrected chi connectivity index (χ3v) is 4.64. The molecule has 1 amide bonds. The van der Waals surface area contributed by atoms with E-state index in [0.717, 1.165) is 17.3 Å². The van der Waals surface area contributed by atoms with Gasteiger partial charge in [-0.05, 0) is 47.0 Å². The number of anilines is 1.